The molecule has 0 spiro atoms. The van der Waals surface area contributed by atoms with Gasteiger partial charge in [-0.1, -0.05) is 6.08 Å². The molecule has 3 N–H and O–H groups in total. The van der Waals surface area contributed by atoms with Gasteiger partial charge in [0.25, 0.3) is 0 Å². The number of aliphatic hydroxyl groups excluding tert-OH is 1. The summed E-state index contributed by atoms with van der Waals surface area (Å²) in [4.78, 5) is 23.0. The van der Waals surface area contributed by atoms with Crippen LogP contribution in [0.5, 0.6) is 0 Å². The summed E-state index contributed by atoms with van der Waals surface area (Å²) in [5, 5.41) is 28.4. The van der Waals surface area contributed by atoms with Crippen molar-refractivity contribution in [2.75, 3.05) is 13.2 Å². The number of carbonyl (C=O) groups is 2. The first-order chi connectivity index (χ1) is 10.4. The van der Waals surface area contributed by atoms with Gasteiger partial charge in [0.2, 0.25) is 0 Å². The van der Waals surface area contributed by atoms with Crippen molar-refractivity contribution < 1.29 is 34.4 Å². The molecule has 2 aliphatic rings. The molecule has 0 aromatic heterocycles. The summed E-state index contributed by atoms with van der Waals surface area (Å²) in [6.45, 7) is 4.12. The minimum absolute atomic E-state index is 0.207. The van der Waals surface area contributed by atoms with Crippen LogP contribution >= 0.6 is 0 Å². The highest BCUT2D eigenvalue weighted by Crippen LogP contribution is 2.46. The molecule has 2 fully saturated rings. The average molecular weight is 314 g/mol. The smallest absolute Gasteiger partial charge is 0.320 e. The normalized spacial score (nSPS) is 35.5. The second kappa shape index (κ2) is 6.76. The molecule has 1 aliphatic heterocycles. The van der Waals surface area contributed by atoms with Crippen molar-refractivity contribution in [3.63, 3.8) is 0 Å². The third-order valence-electron chi connectivity index (χ3n) is 4.51. The molecule has 0 unspecified atom stereocenters. The fourth-order valence-corrected chi connectivity index (χ4v) is 3.61. The van der Waals surface area contributed by atoms with Gasteiger partial charge >= 0.3 is 11.9 Å². The molecule has 1 heterocycles. The van der Waals surface area contributed by atoms with E-state index in [0.717, 1.165) is 0 Å². The Hall–Kier alpha value is -1.44. The van der Waals surface area contributed by atoms with Crippen LogP contribution in [0.3, 0.4) is 0 Å². The van der Waals surface area contributed by atoms with Gasteiger partial charge in [-0.25, -0.2) is 0 Å². The van der Waals surface area contributed by atoms with Crippen molar-refractivity contribution in [2.24, 2.45) is 11.8 Å². The zero-order chi connectivity index (χ0) is 16.3. The predicted molar refractivity (Wildman–Crippen MR) is 75.3 cm³/mol. The van der Waals surface area contributed by atoms with Gasteiger partial charge in [0.05, 0.1) is 31.0 Å². The number of hydrogen-bond donors (Lipinski definition) is 3. The number of ether oxygens (including phenoxy) is 2. The van der Waals surface area contributed by atoms with Gasteiger partial charge in [-0.05, 0) is 19.3 Å². The van der Waals surface area contributed by atoms with Crippen LogP contribution in [-0.4, -0.2) is 58.3 Å². The summed E-state index contributed by atoms with van der Waals surface area (Å²) < 4.78 is 11.2. The van der Waals surface area contributed by atoms with Gasteiger partial charge in [0.15, 0.2) is 5.92 Å². The van der Waals surface area contributed by atoms with Crippen LogP contribution in [0, 0.1) is 11.8 Å². The lowest BCUT2D eigenvalue weighted by Crippen LogP contribution is -2.54. The third-order valence-corrected chi connectivity index (χ3v) is 4.51. The first-order valence-corrected chi connectivity index (χ1v) is 7.42. The Morgan fingerprint density at radius 3 is 2.55 bits per heavy atom. The van der Waals surface area contributed by atoms with Gasteiger partial charge in [-0.3, -0.25) is 9.59 Å². The first-order valence-electron chi connectivity index (χ1n) is 7.42. The maximum atomic E-state index is 11.5. The fraction of sp³-hybridized carbons (Fsp3) is 0.733. The quantitative estimate of drug-likeness (QED) is 0.487. The molecular weight excluding hydrogens is 292 g/mol. The van der Waals surface area contributed by atoms with Crippen LogP contribution in [0.2, 0.25) is 0 Å². The molecule has 7 heteroatoms. The van der Waals surface area contributed by atoms with Crippen molar-refractivity contribution >= 4 is 11.9 Å². The van der Waals surface area contributed by atoms with Gasteiger partial charge in [0.1, 0.15) is 0 Å². The van der Waals surface area contributed by atoms with E-state index in [2.05, 4.69) is 6.58 Å². The Balaban J connectivity index is 2.31. The molecule has 0 bridgehead atoms. The predicted octanol–water partition coefficient (Wildman–Crippen LogP) is 0.663. The summed E-state index contributed by atoms with van der Waals surface area (Å²) in [7, 11) is 0. The van der Waals surface area contributed by atoms with E-state index < -0.39 is 35.7 Å². The number of carboxylic acids is 2. The Morgan fingerprint density at radius 2 is 2.00 bits per heavy atom. The van der Waals surface area contributed by atoms with Crippen LogP contribution in [0.1, 0.15) is 25.7 Å². The molecule has 0 radical (unpaired) electrons. The lowest BCUT2D eigenvalue weighted by atomic mass is 9.78. The lowest BCUT2D eigenvalue weighted by Gasteiger charge is -2.41. The highest BCUT2D eigenvalue weighted by atomic mass is 16.6. The van der Waals surface area contributed by atoms with Crippen molar-refractivity contribution in [3.8, 4) is 0 Å². The van der Waals surface area contributed by atoms with Crippen molar-refractivity contribution in [3.05, 3.63) is 12.7 Å². The molecular formula is C15H22O7. The molecule has 4 atom stereocenters. The number of hydrogen-bond acceptors (Lipinski definition) is 5. The van der Waals surface area contributed by atoms with Crippen LogP contribution in [-0.2, 0) is 19.1 Å². The minimum atomic E-state index is -1.67. The van der Waals surface area contributed by atoms with E-state index in [0.29, 0.717) is 25.7 Å². The summed E-state index contributed by atoms with van der Waals surface area (Å²) in [6.07, 6.45) is 2.31. The van der Waals surface area contributed by atoms with E-state index in [4.69, 9.17) is 9.47 Å². The topological polar surface area (TPSA) is 113 Å². The number of aliphatic carboxylic acids is 2. The summed E-state index contributed by atoms with van der Waals surface area (Å²) in [5.41, 5.74) is -1.34. The highest BCUT2D eigenvalue weighted by molar-refractivity contribution is 5.94. The fourth-order valence-electron chi connectivity index (χ4n) is 3.61. The Bertz CT molecular complexity index is 435. The van der Waals surface area contributed by atoms with E-state index in [-0.39, 0.29) is 19.1 Å². The van der Waals surface area contributed by atoms with Gasteiger partial charge in [-0.2, -0.15) is 0 Å². The molecule has 0 amide bonds. The molecule has 1 saturated carbocycles. The monoisotopic (exact) mass is 314 g/mol. The molecule has 22 heavy (non-hydrogen) atoms. The summed E-state index contributed by atoms with van der Waals surface area (Å²) in [6, 6.07) is 0. The molecule has 1 saturated heterocycles. The molecule has 0 aromatic carbocycles. The van der Waals surface area contributed by atoms with Gasteiger partial charge < -0.3 is 24.8 Å². The minimum Gasteiger partial charge on any atom is -0.481 e. The van der Waals surface area contributed by atoms with Gasteiger partial charge in [-0.15, -0.1) is 6.58 Å². The average Bonchev–Trinajstić information content (AvgIpc) is 2.80. The standard InChI is InChI=1S/C15H22O7/c1-2-9-4-3-5-15(9,12(13(17)18)14(19)20)22-11-6-10(16)7-21-8-11/h2,9-12,16H,1,3-8H2,(H,17,18)(H,19,20)/t9-,10+,11-,15+/m0/s1. The second-order valence-corrected chi connectivity index (χ2v) is 5.97. The Kier molecular flexibility index (Phi) is 5.20. The van der Waals surface area contributed by atoms with Crippen molar-refractivity contribution in [1.82, 2.24) is 0 Å². The maximum Gasteiger partial charge on any atom is 0.320 e. The number of rotatable bonds is 6. The number of aliphatic hydroxyl groups is 1. The number of carboxylic acid groups (broad SMARTS) is 2. The second-order valence-electron chi connectivity index (χ2n) is 5.97. The molecule has 124 valence electrons. The van der Waals surface area contributed by atoms with Crippen LogP contribution in [0.15, 0.2) is 12.7 Å². The largest absolute Gasteiger partial charge is 0.481 e. The maximum absolute atomic E-state index is 11.5. The zero-order valence-electron chi connectivity index (χ0n) is 12.3. The molecule has 1 aliphatic carbocycles. The zero-order valence-corrected chi connectivity index (χ0v) is 12.3. The van der Waals surface area contributed by atoms with E-state index in [1.807, 2.05) is 0 Å². The van der Waals surface area contributed by atoms with E-state index in [1.165, 1.54) is 0 Å². The van der Waals surface area contributed by atoms with Gasteiger partial charge in [0, 0.05) is 12.3 Å². The summed E-state index contributed by atoms with van der Waals surface area (Å²) in [5.74, 6) is -4.86. The Morgan fingerprint density at radius 1 is 1.32 bits per heavy atom. The van der Waals surface area contributed by atoms with Crippen LogP contribution < -0.4 is 0 Å². The van der Waals surface area contributed by atoms with Crippen LogP contribution in [0.4, 0.5) is 0 Å². The lowest BCUT2D eigenvalue weighted by molar-refractivity contribution is -0.202. The van der Waals surface area contributed by atoms with E-state index in [1.54, 1.807) is 6.08 Å². The third kappa shape index (κ3) is 3.16. The van der Waals surface area contributed by atoms with E-state index in [9.17, 15) is 24.9 Å². The van der Waals surface area contributed by atoms with Crippen molar-refractivity contribution in [2.45, 2.75) is 43.5 Å². The van der Waals surface area contributed by atoms with Crippen LogP contribution in [0.25, 0.3) is 0 Å². The molecule has 7 nitrogen and oxygen atoms in total. The molecule has 2 rings (SSSR count). The Labute approximate surface area is 128 Å². The summed E-state index contributed by atoms with van der Waals surface area (Å²) >= 11 is 0. The first kappa shape index (κ1) is 16.9. The SMILES string of the molecule is C=C[C@H]1CCC[C@]1(O[C@@H]1COC[C@H](O)C1)C(C(=O)O)C(=O)O. The van der Waals surface area contributed by atoms with E-state index >= 15 is 0 Å². The highest BCUT2D eigenvalue weighted by Gasteiger charge is 2.56. The molecule has 0 aromatic rings. The van der Waals surface area contributed by atoms with Crippen molar-refractivity contribution in [1.29, 1.82) is 0 Å².